The van der Waals surface area contributed by atoms with Crippen molar-refractivity contribution in [3.05, 3.63) is 0 Å². The van der Waals surface area contributed by atoms with Gasteiger partial charge in [0, 0.05) is 11.8 Å². The van der Waals surface area contributed by atoms with Gasteiger partial charge in [0.1, 0.15) is 6.04 Å². The number of hydrogen-bond acceptors (Lipinski definition) is 4. The van der Waals surface area contributed by atoms with Crippen LogP contribution in [0.4, 0.5) is 0 Å². The Bertz CT molecular complexity index is 281. The molecule has 0 radical (unpaired) electrons. The summed E-state index contributed by atoms with van der Waals surface area (Å²) in [7, 11) is 1.47. The Hall–Kier alpha value is -0.220. The lowest BCUT2D eigenvalue weighted by Crippen LogP contribution is -2.55. The van der Waals surface area contributed by atoms with Crippen LogP contribution in [0.3, 0.4) is 0 Å². The first kappa shape index (κ1) is 15.8. The Morgan fingerprint density at radius 3 is 2.72 bits per heavy atom. The van der Waals surface area contributed by atoms with Gasteiger partial charge in [0.15, 0.2) is 0 Å². The summed E-state index contributed by atoms with van der Waals surface area (Å²) >= 11 is 1.97. The van der Waals surface area contributed by atoms with Crippen LogP contribution in [0, 0.1) is 11.3 Å². The molecule has 3 atom stereocenters. The topological polar surface area (TPSA) is 38.3 Å². The maximum Gasteiger partial charge on any atom is 0.323 e. The molecule has 0 aromatic rings. The monoisotopic (exact) mass is 273 g/mol. The van der Waals surface area contributed by atoms with E-state index in [-0.39, 0.29) is 17.4 Å². The van der Waals surface area contributed by atoms with E-state index in [0.717, 1.165) is 12.2 Å². The number of esters is 1. The fourth-order valence-electron chi connectivity index (χ4n) is 2.25. The lowest BCUT2D eigenvalue weighted by atomic mass is 9.81. The fraction of sp³-hybridized carbons (Fsp3) is 0.929. The molecule has 1 fully saturated rings. The molecule has 1 aliphatic rings. The summed E-state index contributed by atoms with van der Waals surface area (Å²) in [6.07, 6.45) is 2.18. The number of ether oxygens (including phenoxy) is 1. The second-order valence-corrected chi connectivity index (χ2v) is 7.07. The Morgan fingerprint density at radius 1 is 1.56 bits per heavy atom. The maximum atomic E-state index is 11.9. The molecule has 18 heavy (non-hydrogen) atoms. The maximum absolute atomic E-state index is 11.9. The van der Waals surface area contributed by atoms with Gasteiger partial charge in [0.2, 0.25) is 0 Å². The van der Waals surface area contributed by atoms with Gasteiger partial charge in [-0.15, -0.1) is 0 Å². The van der Waals surface area contributed by atoms with Gasteiger partial charge < -0.3 is 10.1 Å². The molecule has 106 valence electrons. The van der Waals surface area contributed by atoms with Crippen LogP contribution in [0.1, 0.15) is 40.5 Å². The Labute approximate surface area is 115 Å². The zero-order valence-electron chi connectivity index (χ0n) is 12.3. The highest BCUT2D eigenvalue weighted by Crippen LogP contribution is 2.34. The van der Waals surface area contributed by atoms with Gasteiger partial charge in [-0.2, -0.15) is 11.8 Å². The molecule has 0 saturated carbocycles. The second-order valence-electron chi connectivity index (χ2n) is 5.92. The summed E-state index contributed by atoms with van der Waals surface area (Å²) in [4.78, 5) is 11.9. The van der Waals surface area contributed by atoms with E-state index >= 15 is 0 Å². The van der Waals surface area contributed by atoms with E-state index in [9.17, 15) is 4.79 Å². The van der Waals surface area contributed by atoms with Crippen molar-refractivity contribution in [2.45, 2.75) is 52.6 Å². The largest absolute Gasteiger partial charge is 0.468 e. The number of carbonyl (C=O) groups excluding carboxylic acids is 1. The first-order valence-electron chi connectivity index (χ1n) is 6.84. The molecule has 1 heterocycles. The number of thioether (sulfide) groups is 1. The van der Waals surface area contributed by atoms with Gasteiger partial charge in [-0.25, -0.2) is 0 Å². The minimum Gasteiger partial charge on any atom is -0.468 e. The summed E-state index contributed by atoms with van der Waals surface area (Å²) in [5.74, 6) is 2.48. The zero-order valence-corrected chi connectivity index (χ0v) is 13.1. The van der Waals surface area contributed by atoms with E-state index in [1.165, 1.54) is 19.3 Å². The van der Waals surface area contributed by atoms with Crippen molar-refractivity contribution < 1.29 is 9.53 Å². The molecule has 0 bridgehead atoms. The standard InChI is InChI=1S/C14H27NO2S/c1-6-10(2)12(13(16)17-5)15-11-9-18-8-7-14(11,3)4/h10-12,15H,6-9H2,1-5H3. The highest BCUT2D eigenvalue weighted by Gasteiger charge is 2.36. The molecule has 0 aliphatic carbocycles. The number of methoxy groups -OCH3 is 1. The molecule has 0 aromatic heterocycles. The predicted molar refractivity (Wildman–Crippen MR) is 77.9 cm³/mol. The van der Waals surface area contributed by atoms with Crippen molar-refractivity contribution in [2.24, 2.45) is 11.3 Å². The molecular formula is C14H27NO2S. The lowest BCUT2D eigenvalue weighted by Gasteiger charge is -2.41. The third-order valence-electron chi connectivity index (χ3n) is 4.17. The summed E-state index contributed by atoms with van der Waals surface area (Å²) in [5, 5.41) is 3.55. The summed E-state index contributed by atoms with van der Waals surface area (Å²) in [6, 6.07) is 0.206. The Balaban J connectivity index is 2.72. The van der Waals surface area contributed by atoms with Crippen LogP contribution in [-0.4, -0.2) is 36.7 Å². The molecule has 1 aliphatic heterocycles. The first-order valence-corrected chi connectivity index (χ1v) is 7.99. The summed E-state index contributed by atoms with van der Waals surface area (Å²) in [6.45, 7) is 8.80. The zero-order chi connectivity index (χ0) is 13.8. The highest BCUT2D eigenvalue weighted by atomic mass is 32.2. The summed E-state index contributed by atoms with van der Waals surface area (Å²) < 4.78 is 4.94. The van der Waals surface area contributed by atoms with E-state index in [1.807, 2.05) is 11.8 Å². The van der Waals surface area contributed by atoms with Gasteiger partial charge in [-0.05, 0) is 23.5 Å². The Kier molecular flexibility index (Phi) is 5.99. The van der Waals surface area contributed by atoms with Crippen LogP contribution in [0.15, 0.2) is 0 Å². The minimum atomic E-state index is -0.178. The molecule has 1 saturated heterocycles. The lowest BCUT2D eigenvalue weighted by molar-refractivity contribution is -0.145. The van der Waals surface area contributed by atoms with E-state index in [1.54, 1.807) is 0 Å². The number of rotatable bonds is 5. The van der Waals surface area contributed by atoms with Crippen LogP contribution in [-0.2, 0) is 9.53 Å². The van der Waals surface area contributed by atoms with E-state index in [0.29, 0.717) is 12.0 Å². The molecule has 0 spiro atoms. The SMILES string of the molecule is CCC(C)C(NC1CSCCC1(C)C)C(=O)OC. The van der Waals surface area contributed by atoms with Gasteiger partial charge in [-0.3, -0.25) is 4.79 Å². The van der Waals surface area contributed by atoms with Gasteiger partial charge in [0.25, 0.3) is 0 Å². The van der Waals surface area contributed by atoms with Crippen molar-refractivity contribution in [3.63, 3.8) is 0 Å². The van der Waals surface area contributed by atoms with E-state index in [4.69, 9.17) is 4.74 Å². The van der Waals surface area contributed by atoms with Crippen LogP contribution < -0.4 is 5.32 Å². The van der Waals surface area contributed by atoms with Crippen molar-refractivity contribution in [3.8, 4) is 0 Å². The van der Waals surface area contributed by atoms with Crippen molar-refractivity contribution >= 4 is 17.7 Å². The molecule has 1 rings (SSSR count). The highest BCUT2D eigenvalue weighted by molar-refractivity contribution is 7.99. The predicted octanol–water partition coefficient (Wildman–Crippen LogP) is 2.70. The molecule has 3 unspecified atom stereocenters. The average molecular weight is 273 g/mol. The van der Waals surface area contributed by atoms with Crippen LogP contribution in [0.2, 0.25) is 0 Å². The van der Waals surface area contributed by atoms with Crippen LogP contribution in [0.25, 0.3) is 0 Å². The Morgan fingerprint density at radius 2 is 2.22 bits per heavy atom. The molecule has 3 nitrogen and oxygen atoms in total. The molecule has 0 aromatic carbocycles. The quantitative estimate of drug-likeness (QED) is 0.782. The van der Waals surface area contributed by atoms with Crippen molar-refractivity contribution in [1.82, 2.24) is 5.32 Å². The smallest absolute Gasteiger partial charge is 0.323 e. The van der Waals surface area contributed by atoms with Crippen molar-refractivity contribution in [2.75, 3.05) is 18.6 Å². The van der Waals surface area contributed by atoms with E-state index in [2.05, 4.69) is 33.0 Å². The van der Waals surface area contributed by atoms with Crippen molar-refractivity contribution in [1.29, 1.82) is 0 Å². The third kappa shape index (κ3) is 3.89. The van der Waals surface area contributed by atoms with Crippen LogP contribution >= 0.6 is 11.8 Å². The van der Waals surface area contributed by atoms with Crippen LogP contribution in [0.5, 0.6) is 0 Å². The molecular weight excluding hydrogens is 246 g/mol. The minimum absolute atomic E-state index is 0.129. The van der Waals surface area contributed by atoms with E-state index < -0.39 is 0 Å². The van der Waals surface area contributed by atoms with Gasteiger partial charge >= 0.3 is 5.97 Å². The summed E-state index contributed by atoms with van der Waals surface area (Å²) in [5.41, 5.74) is 0.255. The average Bonchev–Trinajstić information content (AvgIpc) is 2.35. The van der Waals surface area contributed by atoms with Gasteiger partial charge in [0.05, 0.1) is 7.11 Å². The molecule has 0 amide bonds. The number of carbonyl (C=O) groups is 1. The normalized spacial score (nSPS) is 26.4. The number of hydrogen-bond donors (Lipinski definition) is 1. The van der Waals surface area contributed by atoms with Gasteiger partial charge in [-0.1, -0.05) is 34.1 Å². The third-order valence-corrected chi connectivity index (χ3v) is 5.23. The fourth-order valence-corrected chi connectivity index (χ4v) is 3.87. The molecule has 4 heteroatoms. The number of nitrogens with one attached hydrogen (secondary N) is 1. The molecule has 1 N–H and O–H groups in total. The first-order chi connectivity index (χ1) is 8.42. The second kappa shape index (κ2) is 6.80.